The highest BCUT2D eigenvalue weighted by Gasteiger charge is 2.16. The Hall–Kier alpha value is -1.03. The maximum absolute atomic E-state index is 5.88. The number of anilines is 1. The maximum Gasteiger partial charge on any atom is 0.0825 e. The fourth-order valence-corrected chi connectivity index (χ4v) is 2.04. The largest absolute Gasteiger partial charge is 0.396 e. The van der Waals surface area contributed by atoms with Crippen LogP contribution in [-0.4, -0.2) is 23.0 Å². The Morgan fingerprint density at radius 1 is 1.53 bits per heavy atom. The van der Waals surface area contributed by atoms with Crippen LogP contribution in [0.25, 0.3) is 0 Å². The normalized spacial score (nSPS) is 21.1. The lowest BCUT2D eigenvalue weighted by Gasteiger charge is -2.08. The Morgan fingerprint density at radius 2 is 2.33 bits per heavy atom. The fraction of sp³-hybridized carbons (Fsp3) is 0.727. The minimum atomic E-state index is 0.704. The molecule has 1 atom stereocenters. The topological polar surface area (TPSA) is 53.1 Å². The number of aryl methyl sites for hydroxylation is 2. The number of hydrogen-bond donors (Lipinski definition) is 1. The number of nitrogens with zero attached hydrogens (tertiary/aromatic N) is 2. The Kier molecular flexibility index (Phi) is 2.95. The van der Waals surface area contributed by atoms with Crippen LogP contribution >= 0.6 is 0 Å². The van der Waals surface area contributed by atoms with Crippen LogP contribution in [0.5, 0.6) is 0 Å². The molecule has 0 saturated carbocycles. The molecule has 2 N–H and O–H groups in total. The summed E-state index contributed by atoms with van der Waals surface area (Å²) >= 11 is 0. The first kappa shape index (κ1) is 10.5. The zero-order valence-electron chi connectivity index (χ0n) is 9.49. The first-order valence-electron chi connectivity index (χ1n) is 5.55. The number of aromatic nitrogens is 2. The molecule has 4 heteroatoms. The molecule has 0 bridgehead atoms. The smallest absolute Gasteiger partial charge is 0.0825 e. The highest BCUT2D eigenvalue weighted by Crippen LogP contribution is 2.19. The second-order valence-electron chi connectivity index (χ2n) is 4.33. The van der Waals surface area contributed by atoms with Gasteiger partial charge < -0.3 is 10.5 Å². The van der Waals surface area contributed by atoms with Gasteiger partial charge in [-0.05, 0) is 32.6 Å². The van der Waals surface area contributed by atoms with E-state index in [4.69, 9.17) is 10.5 Å². The zero-order valence-corrected chi connectivity index (χ0v) is 9.49. The lowest BCUT2D eigenvalue weighted by molar-refractivity contribution is 0.183. The van der Waals surface area contributed by atoms with Crippen LogP contribution in [0.4, 0.5) is 5.69 Å². The average Bonchev–Trinajstić information content (AvgIpc) is 2.80. The van der Waals surface area contributed by atoms with E-state index in [1.807, 2.05) is 18.5 Å². The Bertz CT molecular complexity index is 340. The van der Waals surface area contributed by atoms with E-state index in [-0.39, 0.29) is 0 Å². The van der Waals surface area contributed by atoms with Gasteiger partial charge in [0.25, 0.3) is 0 Å². The van der Waals surface area contributed by atoms with Gasteiger partial charge in [-0.3, -0.25) is 4.68 Å². The molecule has 2 rings (SSSR count). The molecular formula is C11H19N3O. The second kappa shape index (κ2) is 4.23. The average molecular weight is 209 g/mol. The molecule has 1 aromatic heterocycles. The van der Waals surface area contributed by atoms with Crippen LogP contribution in [-0.2, 0) is 11.3 Å². The first-order chi connectivity index (χ1) is 7.18. The highest BCUT2D eigenvalue weighted by molar-refractivity contribution is 5.46. The maximum atomic E-state index is 5.88. The van der Waals surface area contributed by atoms with Gasteiger partial charge in [-0.15, -0.1) is 0 Å². The Morgan fingerprint density at radius 3 is 2.87 bits per heavy atom. The summed E-state index contributed by atoms with van der Waals surface area (Å²) in [6.45, 7) is 6.77. The van der Waals surface area contributed by atoms with Crippen LogP contribution in [0.3, 0.4) is 0 Å². The third kappa shape index (κ3) is 2.15. The predicted octanol–water partition coefficient (Wildman–Crippen LogP) is 1.51. The molecule has 1 fully saturated rings. The lowest BCUT2D eigenvalue weighted by atomic mass is 10.1. The Labute approximate surface area is 90.4 Å². The summed E-state index contributed by atoms with van der Waals surface area (Å²) in [7, 11) is 0. The predicted molar refractivity (Wildman–Crippen MR) is 59.7 cm³/mol. The van der Waals surface area contributed by atoms with Crippen molar-refractivity contribution in [1.82, 2.24) is 9.78 Å². The van der Waals surface area contributed by atoms with Crippen molar-refractivity contribution < 1.29 is 4.74 Å². The lowest BCUT2D eigenvalue weighted by Crippen LogP contribution is -2.09. The van der Waals surface area contributed by atoms with Gasteiger partial charge in [0.1, 0.15) is 0 Å². The SMILES string of the molecule is Cc1nn(CCC2CCOC2)c(C)c1N. The molecule has 2 heterocycles. The van der Waals surface area contributed by atoms with Gasteiger partial charge >= 0.3 is 0 Å². The van der Waals surface area contributed by atoms with Crippen molar-refractivity contribution in [3.05, 3.63) is 11.4 Å². The molecular weight excluding hydrogens is 190 g/mol. The number of hydrogen-bond acceptors (Lipinski definition) is 3. The first-order valence-corrected chi connectivity index (χ1v) is 5.55. The second-order valence-corrected chi connectivity index (χ2v) is 4.33. The van der Waals surface area contributed by atoms with Crippen LogP contribution in [0, 0.1) is 19.8 Å². The number of ether oxygens (including phenoxy) is 1. The molecule has 4 nitrogen and oxygen atoms in total. The van der Waals surface area contributed by atoms with Crippen molar-refractivity contribution in [2.75, 3.05) is 18.9 Å². The van der Waals surface area contributed by atoms with Crippen molar-refractivity contribution in [2.24, 2.45) is 5.92 Å². The van der Waals surface area contributed by atoms with E-state index >= 15 is 0 Å². The molecule has 1 aliphatic rings. The summed E-state index contributed by atoms with van der Waals surface area (Å²) < 4.78 is 7.37. The molecule has 0 amide bonds. The third-order valence-corrected chi connectivity index (χ3v) is 3.21. The fourth-order valence-electron chi connectivity index (χ4n) is 2.04. The number of rotatable bonds is 3. The summed E-state index contributed by atoms with van der Waals surface area (Å²) in [6.07, 6.45) is 2.33. The molecule has 0 aliphatic carbocycles. The Balaban J connectivity index is 1.95. The van der Waals surface area contributed by atoms with Crippen molar-refractivity contribution >= 4 is 5.69 Å². The van der Waals surface area contributed by atoms with E-state index in [9.17, 15) is 0 Å². The van der Waals surface area contributed by atoms with Crippen LogP contribution < -0.4 is 5.73 Å². The minimum absolute atomic E-state index is 0.704. The summed E-state index contributed by atoms with van der Waals surface area (Å²) in [6, 6.07) is 0. The summed E-state index contributed by atoms with van der Waals surface area (Å²) in [4.78, 5) is 0. The van der Waals surface area contributed by atoms with Gasteiger partial charge in [-0.25, -0.2) is 0 Å². The molecule has 0 aromatic carbocycles. The van der Waals surface area contributed by atoms with Gasteiger partial charge in [0, 0.05) is 19.8 Å². The molecule has 15 heavy (non-hydrogen) atoms. The minimum Gasteiger partial charge on any atom is -0.396 e. The zero-order chi connectivity index (χ0) is 10.8. The van der Waals surface area contributed by atoms with Gasteiger partial charge in [0.2, 0.25) is 0 Å². The van der Waals surface area contributed by atoms with Crippen LogP contribution in [0.15, 0.2) is 0 Å². The van der Waals surface area contributed by atoms with E-state index in [0.717, 1.165) is 43.3 Å². The van der Waals surface area contributed by atoms with Crippen molar-refractivity contribution in [2.45, 2.75) is 33.2 Å². The third-order valence-electron chi connectivity index (χ3n) is 3.21. The molecule has 0 radical (unpaired) electrons. The molecule has 1 saturated heterocycles. The van der Waals surface area contributed by atoms with Gasteiger partial charge in [0.15, 0.2) is 0 Å². The van der Waals surface area contributed by atoms with E-state index in [1.54, 1.807) is 0 Å². The monoisotopic (exact) mass is 209 g/mol. The molecule has 1 aliphatic heterocycles. The molecule has 1 aromatic rings. The standard InChI is InChI=1S/C11H19N3O/c1-8-11(12)9(2)14(13-8)5-3-10-4-6-15-7-10/h10H,3-7,12H2,1-2H3. The molecule has 1 unspecified atom stereocenters. The van der Waals surface area contributed by atoms with Gasteiger partial charge in [-0.2, -0.15) is 5.10 Å². The summed E-state index contributed by atoms with van der Waals surface area (Å²) in [5.41, 5.74) is 8.74. The number of nitrogen functional groups attached to an aromatic ring is 1. The summed E-state index contributed by atoms with van der Waals surface area (Å²) in [5, 5.41) is 4.42. The van der Waals surface area contributed by atoms with Crippen LogP contribution in [0.2, 0.25) is 0 Å². The quantitative estimate of drug-likeness (QED) is 0.821. The summed E-state index contributed by atoms with van der Waals surface area (Å²) in [5.74, 6) is 0.704. The van der Waals surface area contributed by atoms with E-state index in [0.29, 0.717) is 5.92 Å². The van der Waals surface area contributed by atoms with Crippen molar-refractivity contribution in [3.8, 4) is 0 Å². The van der Waals surface area contributed by atoms with Gasteiger partial charge in [0.05, 0.1) is 17.1 Å². The van der Waals surface area contributed by atoms with Gasteiger partial charge in [-0.1, -0.05) is 0 Å². The van der Waals surface area contributed by atoms with E-state index in [2.05, 4.69) is 5.10 Å². The van der Waals surface area contributed by atoms with Crippen LogP contribution in [0.1, 0.15) is 24.2 Å². The highest BCUT2D eigenvalue weighted by atomic mass is 16.5. The molecule has 84 valence electrons. The van der Waals surface area contributed by atoms with Crippen molar-refractivity contribution in [1.29, 1.82) is 0 Å². The van der Waals surface area contributed by atoms with Crippen molar-refractivity contribution in [3.63, 3.8) is 0 Å². The van der Waals surface area contributed by atoms with E-state index < -0.39 is 0 Å². The van der Waals surface area contributed by atoms with E-state index in [1.165, 1.54) is 6.42 Å². The molecule has 0 spiro atoms. The number of nitrogens with two attached hydrogens (primary N) is 1.